The van der Waals surface area contributed by atoms with Crippen molar-refractivity contribution < 1.29 is 14.2 Å². The fourth-order valence-electron chi connectivity index (χ4n) is 3.12. The van der Waals surface area contributed by atoms with Crippen LogP contribution >= 0.6 is 38.6 Å². The van der Waals surface area contributed by atoms with Gasteiger partial charge >= 0.3 is 0 Å². The molecule has 2 heterocycles. The molecule has 0 N–H and O–H groups in total. The Hall–Kier alpha value is -1.18. The molecule has 3 nitrogen and oxygen atoms in total. The monoisotopic (exact) mass is 522 g/mol. The molecule has 0 aliphatic rings. The average Bonchev–Trinajstić information content (AvgIpc) is 3.35. The topological polar surface area (TPSA) is 27.7 Å². The van der Waals surface area contributed by atoms with E-state index in [0.717, 1.165) is 22.4 Å². The predicted molar refractivity (Wildman–Crippen MR) is 137 cm³/mol. The van der Waals surface area contributed by atoms with Gasteiger partial charge in [0, 0.05) is 34.8 Å². The van der Waals surface area contributed by atoms with E-state index in [2.05, 4.69) is 92.2 Å². The van der Waals surface area contributed by atoms with Crippen LogP contribution in [0.15, 0.2) is 52.3 Å². The first-order valence-corrected chi connectivity index (χ1v) is 12.9. The highest BCUT2D eigenvalue weighted by molar-refractivity contribution is 9.11. The lowest BCUT2D eigenvalue weighted by atomic mass is 10.0. The van der Waals surface area contributed by atoms with Gasteiger partial charge < -0.3 is 14.2 Å². The zero-order valence-corrected chi connectivity index (χ0v) is 22.1. The van der Waals surface area contributed by atoms with Gasteiger partial charge in [0.1, 0.15) is 11.4 Å². The van der Waals surface area contributed by atoms with E-state index in [9.17, 15) is 0 Å². The summed E-state index contributed by atoms with van der Waals surface area (Å²) in [4.78, 5) is 3.84. The molecular formula is C25H31BrO3S2. The van der Waals surface area contributed by atoms with Crippen molar-refractivity contribution in [2.24, 2.45) is 0 Å². The molecule has 0 saturated heterocycles. The zero-order chi connectivity index (χ0) is 22.5. The number of ether oxygens (including phenoxy) is 3. The molecule has 3 aromatic rings. The third kappa shape index (κ3) is 7.43. The van der Waals surface area contributed by atoms with Crippen LogP contribution in [0.3, 0.4) is 0 Å². The molecule has 0 amide bonds. The Bertz CT molecular complexity index is 957. The van der Waals surface area contributed by atoms with Gasteiger partial charge in [-0.15, -0.1) is 22.7 Å². The lowest BCUT2D eigenvalue weighted by Crippen LogP contribution is -2.33. The van der Waals surface area contributed by atoms with Crippen molar-refractivity contribution in [3.8, 4) is 25.9 Å². The van der Waals surface area contributed by atoms with E-state index < -0.39 is 0 Å². The van der Waals surface area contributed by atoms with Crippen LogP contribution in [0.1, 0.15) is 40.5 Å². The van der Waals surface area contributed by atoms with Crippen LogP contribution in [-0.2, 0) is 9.47 Å². The first kappa shape index (κ1) is 24.5. The van der Waals surface area contributed by atoms with Crippen LogP contribution < -0.4 is 4.74 Å². The number of thiophene rings is 2. The van der Waals surface area contributed by atoms with Gasteiger partial charge in [0.15, 0.2) is 0 Å². The summed E-state index contributed by atoms with van der Waals surface area (Å²) in [7, 11) is 1.72. The second-order valence-electron chi connectivity index (χ2n) is 8.75. The molecule has 31 heavy (non-hydrogen) atoms. The summed E-state index contributed by atoms with van der Waals surface area (Å²) in [6.45, 7) is 9.78. The van der Waals surface area contributed by atoms with E-state index in [4.69, 9.17) is 14.2 Å². The number of hydrogen-bond donors (Lipinski definition) is 0. The molecule has 0 radical (unpaired) electrons. The minimum atomic E-state index is -0.304. The Morgan fingerprint density at radius 2 is 1.35 bits per heavy atom. The quantitative estimate of drug-likeness (QED) is 0.253. The maximum atomic E-state index is 6.26. The Balaban J connectivity index is 1.55. The van der Waals surface area contributed by atoms with E-state index >= 15 is 0 Å². The summed E-state index contributed by atoms with van der Waals surface area (Å²) in [5, 5.41) is 0. The van der Waals surface area contributed by atoms with Gasteiger partial charge in [0.25, 0.3) is 0 Å². The van der Waals surface area contributed by atoms with Gasteiger partial charge in [-0.1, -0.05) is 0 Å². The zero-order valence-electron chi connectivity index (χ0n) is 18.9. The minimum absolute atomic E-state index is 0.188. The van der Waals surface area contributed by atoms with Crippen LogP contribution in [0.4, 0.5) is 0 Å². The molecule has 0 unspecified atom stereocenters. The molecule has 6 heteroatoms. The fraction of sp³-hybridized carbons (Fsp3) is 0.440. The summed E-state index contributed by atoms with van der Waals surface area (Å²) in [6, 6.07) is 17.0. The molecule has 0 bridgehead atoms. The van der Waals surface area contributed by atoms with E-state index in [1.165, 1.54) is 20.2 Å². The molecule has 0 aliphatic heterocycles. The summed E-state index contributed by atoms with van der Waals surface area (Å²) in [5.74, 6) is 0.881. The van der Waals surface area contributed by atoms with E-state index in [1.807, 2.05) is 11.3 Å². The molecule has 2 aromatic heterocycles. The second kappa shape index (κ2) is 10.6. The Morgan fingerprint density at radius 3 is 2.00 bits per heavy atom. The van der Waals surface area contributed by atoms with Gasteiger partial charge in [-0.25, -0.2) is 0 Å². The Kier molecular flexibility index (Phi) is 8.38. The first-order valence-electron chi connectivity index (χ1n) is 10.5. The van der Waals surface area contributed by atoms with Gasteiger partial charge in [0.05, 0.1) is 16.0 Å². The van der Waals surface area contributed by atoms with E-state index in [0.29, 0.717) is 13.2 Å². The first-order chi connectivity index (χ1) is 14.7. The summed E-state index contributed by atoms with van der Waals surface area (Å²) >= 11 is 7.12. The van der Waals surface area contributed by atoms with Gasteiger partial charge in [-0.3, -0.25) is 0 Å². The predicted octanol–water partition coefficient (Wildman–Crippen LogP) is 8.29. The Labute approximate surface area is 202 Å². The number of benzene rings is 1. The van der Waals surface area contributed by atoms with Crippen LogP contribution in [0.2, 0.25) is 0 Å². The molecule has 0 saturated carbocycles. The molecule has 1 aromatic carbocycles. The van der Waals surface area contributed by atoms with Crippen molar-refractivity contribution in [1.29, 1.82) is 0 Å². The van der Waals surface area contributed by atoms with E-state index in [-0.39, 0.29) is 11.2 Å². The van der Waals surface area contributed by atoms with Crippen molar-refractivity contribution in [1.82, 2.24) is 0 Å². The third-order valence-electron chi connectivity index (χ3n) is 5.06. The molecule has 0 aliphatic carbocycles. The van der Waals surface area contributed by atoms with Crippen LogP contribution in [0, 0.1) is 0 Å². The molecule has 168 valence electrons. The summed E-state index contributed by atoms with van der Waals surface area (Å²) in [5.41, 5.74) is 0.717. The maximum absolute atomic E-state index is 6.26. The maximum Gasteiger partial charge on any atom is 0.120 e. The Morgan fingerprint density at radius 1 is 0.742 bits per heavy atom. The fourth-order valence-corrected chi connectivity index (χ4v) is 5.61. The summed E-state index contributed by atoms with van der Waals surface area (Å²) < 4.78 is 18.6. The largest absolute Gasteiger partial charge is 0.488 e. The van der Waals surface area contributed by atoms with Crippen molar-refractivity contribution >= 4 is 38.6 Å². The molecule has 0 spiro atoms. The van der Waals surface area contributed by atoms with Crippen LogP contribution in [0.5, 0.6) is 5.75 Å². The van der Waals surface area contributed by atoms with Gasteiger partial charge in [-0.05, 0) is 104 Å². The lowest BCUT2D eigenvalue weighted by Gasteiger charge is -2.30. The molecular weight excluding hydrogens is 492 g/mol. The highest BCUT2D eigenvalue weighted by Crippen LogP contribution is 2.39. The van der Waals surface area contributed by atoms with Crippen LogP contribution in [0.25, 0.3) is 20.2 Å². The van der Waals surface area contributed by atoms with Crippen molar-refractivity contribution in [2.75, 3.05) is 20.3 Å². The number of methoxy groups -OCH3 is 1. The standard InChI is InChI=1S/C25H31BrO3S2/c1-24(2,14-16-27-5)28-17-15-25(3,4)29-19-8-6-18(7-9-19)20-10-11-21(30-20)22-12-13-23(26)31-22/h6-13H,14-17H2,1-5H3. The molecule has 3 rings (SSSR count). The molecule has 0 fully saturated rings. The highest BCUT2D eigenvalue weighted by Gasteiger charge is 2.23. The SMILES string of the molecule is COCCC(C)(C)OCCC(C)(C)Oc1ccc(-c2ccc(-c3ccc(Br)s3)s2)cc1. The number of rotatable bonds is 11. The summed E-state index contributed by atoms with van der Waals surface area (Å²) in [6.07, 6.45) is 1.69. The van der Waals surface area contributed by atoms with Crippen molar-refractivity contribution in [2.45, 2.75) is 51.7 Å². The number of halogens is 1. The average molecular weight is 524 g/mol. The third-order valence-corrected chi connectivity index (χ3v) is 8.01. The molecule has 0 atom stereocenters. The van der Waals surface area contributed by atoms with Gasteiger partial charge in [0.2, 0.25) is 0 Å². The van der Waals surface area contributed by atoms with Crippen LogP contribution in [-0.4, -0.2) is 31.5 Å². The van der Waals surface area contributed by atoms with Crippen molar-refractivity contribution in [3.63, 3.8) is 0 Å². The highest BCUT2D eigenvalue weighted by atomic mass is 79.9. The van der Waals surface area contributed by atoms with Gasteiger partial charge in [-0.2, -0.15) is 0 Å². The van der Waals surface area contributed by atoms with Crippen molar-refractivity contribution in [3.05, 3.63) is 52.3 Å². The smallest absolute Gasteiger partial charge is 0.120 e. The number of hydrogen-bond acceptors (Lipinski definition) is 5. The van der Waals surface area contributed by atoms with E-state index in [1.54, 1.807) is 18.4 Å². The normalized spacial score (nSPS) is 12.3. The minimum Gasteiger partial charge on any atom is -0.488 e. The second-order valence-corrected chi connectivity index (χ2v) is 12.3. The lowest BCUT2D eigenvalue weighted by molar-refractivity contribution is -0.0544.